The maximum Gasteiger partial charge on any atom is 0.247 e. The minimum Gasteiger partial charge on any atom is -0.493 e. The van der Waals surface area contributed by atoms with Gasteiger partial charge in [-0.1, -0.05) is 6.08 Å². The number of methoxy groups -OCH3 is 2. The lowest BCUT2D eigenvalue weighted by atomic mass is 9.88. The molecule has 0 aromatic heterocycles. The summed E-state index contributed by atoms with van der Waals surface area (Å²) in [6.07, 6.45) is 4.49. The molecule has 0 saturated heterocycles. The first-order chi connectivity index (χ1) is 18.3. The van der Waals surface area contributed by atoms with E-state index in [0.29, 0.717) is 38.9 Å². The highest BCUT2D eigenvalue weighted by Gasteiger charge is 2.40. The lowest BCUT2D eigenvalue weighted by Crippen LogP contribution is -2.55. The highest BCUT2D eigenvalue weighted by molar-refractivity contribution is 14.1. The maximum atomic E-state index is 13.3. The van der Waals surface area contributed by atoms with Gasteiger partial charge < -0.3 is 34.6 Å². The molecule has 1 aromatic carbocycles. The predicted octanol–water partition coefficient (Wildman–Crippen LogP) is 2.25. The molecule has 10 nitrogen and oxygen atoms in total. The van der Waals surface area contributed by atoms with E-state index in [9.17, 15) is 19.5 Å². The molecule has 0 fully saturated rings. The molecule has 1 aliphatic rings. The van der Waals surface area contributed by atoms with Crippen LogP contribution in [0.25, 0.3) is 0 Å². The second kappa shape index (κ2) is 16.5. The van der Waals surface area contributed by atoms with Crippen molar-refractivity contribution in [2.45, 2.75) is 50.4 Å². The molecule has 0 radical (unpaired) electrons. The maximum absolute atomic E-state index is 13.3. The number of nitrogens with zero attached hydrogens (tertiary/aromatic N) is 1. The minimum absolute atomic E-state index is 0.0589. The Balaban J connectivity index is 2.44. The monoisotopic (exact) mass is 644 g/mol. The van der Waals surface area contributed by atoms with Gasteiger partial charge in [-0.15, -0.1) is 6.58 Å². The fourth-order valence-corrected chi connectivity index (χ4v) is 4.96. The first-order valence-corrected chi connectivity index (χ1v) is 13.6. The zero-order valence-corrected chi connectivity index (χ0v) is 24.0. The summed E-state index contributed by atoms with van der Waals surface area (Å²) in [5.41, 5.74) is 0.715. The van der Waals surface area contributed by atoms with Gasteiger partial charge in [0.1, 0.15) is 18.5 Å². The second-order valence-electron chi connectivity index (χ2n) is 8.78. The number of hydrogen-bond donors (Lipinski definition) is 3. The first-order valence-electron chi connectivity index (χ1n) is 12.5. The molecule has 0 bridgehead atoms. The predicted molar refractivity (Wildman–Crippen MR) is 150 cm³/mol. The van der Waals surface area contributed by atoms with Crippen LogP contribution in [-0.4, -0.2) is 92.0 Å². The first kappa shape index (κ1) is 31.7. The summed E-state index contributed by atoms with van der Waals surface area (Å²) in [7, 11) is 2.97. The number of hydrogen-bond acceptors (Lipinski definition) is 8. The van der Waals surface area contributed by atoms with Gasteiger partial charge in [-0.25, -0.2) is 0 Å². The summed E-state index contributed by atoms with van der Waals surface area (Å²) in [5.74, 6) is 0.0116. The Kier molecular flexibility index (Phi) is 13.8. The Bertz CT molecular complexity index is 1000. The number of unbranched alkanes of at least 4 members (excludes halogenated alkanes) is 2. The van der Waals surface area contributed by atoms with E-state index in [1.165, 1.54) is 26.4 Å². The van der Waals surface area contributed by atoms with Crippen LogP contribution in [0, 0.1) is 3.57 Å². The lowest BCUT2D eigenvalue weighted by molar-refractivity contribution is -0.139. The molecule has 3 N–H and O–H groups in total. The minimum atomic E-state index is -1.18. The van der Waals surface area contributed by atoms with E-state index in [4.69, 9.17) is 19.3 Å². The van der Waals surface area contributed by atoms with Gasteiger partial charge in [-0.2, -0.15) is 0 Å². The summed E-state index contributed by atoms with van der Waals surface area (Å²) in [4.78, 5) is 39.0. The van der Waals surface area contributed by atoms with E-state index in [0.717, 1.165) is 12.8 Å². The van der Waals surface area contributed by atoms with Crippen LogP contribution in [0.15, 0.2) is 36.4 Å². The van der Waals surface area contributed by atoms with Crippen LogP contribution in [0.3, 0.4) is 0 Å². The van der Waals surface area contributed by atoms with Crippen molar-refractivity contribution >= 4 is 40.7 Å². The largest absolute Gasteiger partial charge is 0.493 e. The van der Waals surface area contributed by atoms with Gasteiger partial charge in [0.15, 0.2) is 11.5 Å². The SMILES string of the molecule is C=CCCCCC(=O)N(CCOC)[C@@H]1CC(C(=O)NCCO)=C[C@H](Oc2c(I)cc(C=O)cc2OC)[C@H]1O. The third-order valence-corrected chi connectivity index (χ3v) is 6.96. The Labute approximate surface area is 237 Å². The van der Waals surface area contributed by atoms with Crippen molar-refractivity contribution in [3.05, 3.63) is 45.6 Å². The van der Waals surface area contributed by atoms with E-state index in [-0.39, 0.29) is 45.1 Å². The quantitative estimate of drug-likeness (QED) is 0.108. The molecule has 2 amide bonds. The molecular weight excluding hydrogens is 607 g/mol. The lowest BCUT2D eigenvalue weighted by Gasteiger charge is -2.40. The van der Waals surface area contributed by atoms with Crippen LogP contribution in [-0.2, 0) is 14.3 Å². The number of nitrogens with one attached hydrogen (secondary N) is 1. The Hall–Kier alpha value is -2.48. The van der Waals surface area contributed by atoms with E-state index in [2.05, 4.69) is 11.9 Å². The van der Waals surface area contributed by atoms with Crippen molar-refractivity contribution in [2.75, 3.05) is 40.5 Å². The highest BCUT2D eigenvalue weighted by Crippen LogP contribution is 2.37. The Morgan fingerprint density at radius 2 is 2.05 bits per heavy atom. The molecule has 1 aromatic rings. The van der Waals surface area contributed by atoms with Crippen molar-refractivity contribution in [3.8, 4) is 11.5 Å². The molecule has 3 atom stereocenters. The number of aliphatic hydroxyl groups excluding tert-OH is 2. The topological polar surface area (TPSA) is 135 Å². The molecular formula is C27H37IN2O8. The number of halogens is 1. The molecule has 2 rings (SSSR count). The number of allylic oxidation sites excluding steroid dienone is 1. The van der Waals surface area contributed by atoms with Gasteiger partial charge in [-0.05, 0) is 60.1 Å². The molecule has 38 heavy (non-hydrogen) atoms. The van der Waals surface area contributed by atoms with E-state index in [1.807, 2.05) is 22.6 Å². The van der Waals surface area contributed by atoms with Crippen LogP contribution >= 0.6 is 22.6 Å². The average molecular weight is 645 g/mol. The van der Waals surface area contributed by atoms with Gasteiger partial charge in [0.05, 0.1) is 29.9 Å². The highest BCUT2D eigenvalue weighted by atomic mass is 127. The third kappa shape index (κ3) is 8.79. The smallest absolute Gasteiger partial charge is 0.247 e. The van der Waals surface area contributed by atoms with Crippen molar-refractivity contribution in [1.82, 2.24) is 10.2 Å². The van der Waals surface area contributed by atoms with Crippen molar-refractivity contribution in [3.63, 3.8) is 0 Å². The number of aliphatic hydroxyl groups is 2. The molecule has 0 saturated carbocycles. The van der Waals surface area contributed by atoms with E-state index in [1.54, 1.807) is 17.0 Å². The molecule has 210 valence electrons. The van der Waals surface area contributed by atoms with Crippen LogP contribution in [0.1, 0.15) is 42.5 Å². The molecule has 1 aliphatic carbocycles. The van der Waals surface area contributed by atoms with Crippen LogP contribution in [0.2, 0.25) is 0 Å². The number of amides is 2. The van der Waals surface area contributed by atoms with Crippen molar-refractivity contribution in [2.24, 2.45) is 0 Å². The third-order valence-electron chi connectivity index (χ3n) is 6.16. The molecule has 0 unspecified atom stereocenters. The normalized spacial score (nSPS) is 18.8. The zero-order chi connectivity index (χ0) is 28.1. The van der Waals surface area contributed by atoms with E-state index < -0.39 is 24.2 Å². The van der Waals surface area contributed by atoms with Crippen LogP contribution in [0.5, 0.6) is 11.5 Å². The van der Waals surface area contributed by atoms with Gasteiger partial charge >= 0.3 is 0 Å². The molecule has 0 aliphatic heterocycles. The molecule has 0 heterocycles. The number of aldehydes is 1. The van der Waals surface area contributed by atoms with Crippen molar-refractivity contribution in [1.29, 1.82) is 0 Å². The number of carbonyl (C=O) groups is 3. The van der Waals surface area contributed by atoms with E-state index >= 15 is 0 Å². The summed E-state index contributed by atoms with van der Waals surface area (Å²) >= 11 is 2.01. The number of benzene rings is 1. The molecule has 0 spiro atoms. The second-order valence-corrected chi connectivity index (χ2v) is 9.94. The zero-order valence-electron chi connectivity index (χ0n) is 21.9. The van der Waals surface area contributed by atoms with Crippen molar-refractivity contribution < 1.29 is 38.8 Å². The van der Waals surface area contributed by atoms with Crippen LogP contribution in [0.4, 0.5) is 0 Å². The van der Waals surface area contributed by atoms with Gasteiger partial charge in [0.2, 0.25) is 11.8 Å². The Morgan fingerprint density at radius 3 is 2.68 bits per heavy atom. The summed E-state index contributed by atoms with van der Waals surface area (Å²) in [6, 6.07) is 2.38. The average Bonchev–Trinajstić information content (AvgIpc) is 2.92. The number of rotatable bonds is 16. The van der Waals surface area contributed by atoms with Gasteiger partial charge in [0, 0.05) is 44.2 Å². The fraction of sp³-hybridized carbons (Fsp3) is 0.519. The molecule has 11 heteroatoms. The van der Waals surface area contributed by atoms with Gasteiger partial charge in [0.25, 0.3) is 0 Å². The summed E-state index contributed by atoms with van der Waals surface area (Å²) < 4.78 is 17.4. The summed E-state index contributed by atoms with van der Waals surface area (Å²) in [5, 5.41) is 23.2. The summed E-state index contributed by atoms with van der Waals surface area (Å²) in [6.45, 7) is 4.02. The fourth-order valence-electron chi connectivity index (χ4n) is 4.21. The van der Waals surface area contributed by atoms with Gasteiger partial charge in [-0.3, -0.25) is 14.4 Å². The number of ether oxygens (including phenoxy) is 3. The number of carbonyl (C=O) groups excluding carboxylic acids is 3. The Morgan fingerprint density at radius 1 is 1.29 bits per heavy atom. The van der Waals surface area contributed by atoms with Crippen LogP contribution < -0.4 is 14.8 Å². The standard InChI is InChI=1S/C27H37IN2O8/c1-4-5-6-7-8-24(33)30(10-12-36-2)21-15-19(27(35)29-9-11-31)16-22(25(21)34)38-26-20(28)13-18(17-32)14-23(26)37-3/h4,13-14,16-17,21-22,25,31,34H,1,5-12,15H2,2-3H3,(H,29,35)/t21-,22+,25+/m1/s1.